The first-order chi connectivity index (χ1) is 9.77. The summed E-state index contributed by atoms with van der Waals surface area (Å²) in [7, 11) is 1.63. The van der Waals surface area contributed by atoms with Crippen molar-refractivity contribution in [2.75, 3.05) is 46.8 Å². The summed E-state index contributed by atoms with van der Waals surface area (Å²) < 4.78 is 20.8. The highest BCUT2D eigenvalue weighted by Crippen LogP contribution is 2.22. The van der Waals surface area contributed by atoms with Crippen molar-refractivity contribution < 1.29 is 18.9 Å². The van der Waals surface area contributed by atoms with Crippen molar-refractivity contribution >= 4 is 23.2 Å². The minimum Gasteiger partial charge on any atom is -0.474 e. The maximum atomic E-state index is 6.00. The van der Waals surface area contributed by atoms with E-state index in [9.17, 15) is 0 Å². The second kappa shape index (κ2) is 11.1. The van der Waals surface area contributed by atoms with Gasteiger partial charge in [-0.3, -0.25) is 0 Å². The summed E-state index contributed by atoms with van der Waals surface area (Å²) in [6.07, 6.45) is 1.64. The van der Waals surface area contributed by atoms with Gasteiger partial charge < -0.3 is 18.9 Å². The Bertz CT molecular complexity index is 379. The van der Waals surface area contributed by atoms with Crippen LogP contribution in [0, 0.1) is 0 Å². The SMILES string of the molecule is COCCOCCOCCOc1ncc(CCl)cc1Cl. The van der Waals surface area contributed by atoms with E-state index in [1.165, 1.54) is 0 Å². The molecule has 5 nitrogen and oxygen atoms in total. The first kappa shape index (κ1) is 17.5. The molecule has 0 saturated carbocycles. The number of hydrogen-bond acceptors (Lipinski definition) is 5. The average molecular weight is 324 g/mol. The number of ether oxygens (including phenoxy) is 4. The minimum atomic E-state index is 0.374. The van der Waals surface area contributed by atoms with Crippen LogP contribution >= 0.6 is 23.2 Å². The highest BCUT2D eigenvalue weighted by atomic mass is 35.5. The summed E-state index contributed by atoms with van der Waals surface area (Å²) in [5, 5.41) is 0.450. The van der Waals surface area contributed by atoms with E-state index in [0.717, 1.165) is 5.56 Å². The van der Waals surface area contributed by atoms with Gasteiger partial charge in [-0.05, 0) is 11.6 Å². The molecule has 0 radical (unpaired) electrons. The van der Waals surface area contributed by atoms with E-state index in [-0.39, 0.29) is 0 Å². The van der Waals surface area contributed by atoms with Gasteiger partial charge in [-0.1, -0.05) is 11.6 Å². The molecule has 0 atom stereocenters. The molecular formula is C13H19Cl2NO4. The third-order valence-electron chi connectivity index (χ3n) is 2.29. The van der Waals surface area contributed by atoms with Crippen LogP contribution in [0.2, 0.25) is 5.02 Å². The third kappa shape index (κ3) is 7.26. The largest absolute Gasteiger partial charge is 0.474 e. The zero-order valence-electron chi connectivity index (χ0n) is 11.4. The molecule has 0 aliphatic rings. The van der Waals surface area contributed by atoms with Crippen molar-refractivity contribution in [2.45, 2.75) is 5.88 Å². The molecule has 0 unspecified atom stereocenters. The molecule has 0 bridgehead atoms. The molecule has 0 aromatic carbocycles. The van der Waals surface area contributed by atoms with Crippen molar-refractivity contribution in [2.24, 2.45) is 0 Å². The normalized spacial score (nSPS) is 10.8. The molecule has 114 valence electrons. The van der Waals surface area contributed by atoms with Gasteiger partial charge in [-0.15, -0.1) is 11.6 Å². The van der Waals surface area contributed by atoms with Crippen molar-refractivity contribution in [3.05, 3.63) is 22.8 Å². The highest BCUT2D eigenvalue weighted by Gasteiger charge is 2.04. The third-order valence-corrected chi connectivity index (χ3v) is 2.87. The maximum Gasteiger partial charge on any atom is 0.232 e. The van der Waals surface area contributed by atoms with Gasteiger partial charge in [0.2, 0.25) is 5.88 Å². The number of halogens is 2. The van der Waals surface area contributed by atoms with Gasteiger partial charge in [0.25, 0.3) is 0 Å². The summed E-state index contributed by atoms with van der Waals surface area (Å²) in [5.41, 5.74) is 0.855. The molecule has 0 aliphatic heterocycles. The second-order valence-electron chi connectivity index (χ2n) is 3.83. The molecule has 1 aromatic heterocycles. The number of pyridine rings is 1. The van der Waals surface area contributed by atoms with E-state index in [2.05, 4.69) is 4.98 Å². The molecule has 0 aliphatic carbocycles. The van der Waals surface area contributed by atoms with E-state index in [0.29, 0.717) is 56.4 Å². The van der Waals surface area contributed by atoms with Crippen LogP contribution in [-0.4, -0.2) is 51.7 Å². The fraction of sp³-hybridized carbons (Fsp3) is 0.615. The van der Waals surface area contributed by atoms with E-state index in [1.54, 1.807) is 19.4 Å². The Labute approximate surface area is 129 Å². The number of alkyl halides is 1. The van der Waals surface area contributed by atoms with Crippen LogP contribution in [0.5, 0.6) is 5.88 Å². The Hall–Kier alpha value is -0.590. The van der Waals surface area contributed by atoms with Crippen LogP contribution in [0.1, 0.15) is 5.56 Å². The van der Waals surface area contributed by atoms with Gasteiger partial charge in [0.1, 0.15) is 11.6 Å². The van der Waals surface area contributed by atoms with Gasteiger partial charge in [0.15, 0.2) is 0 Å². The Morgan fingerprint density at radius 3 is 2.30 bits per heavy atom. The number of hydrogen-bond donors (Lipinski definition) is 0. The highest BCUT2D eigenvalue weighted by molar-refractivity contribution is 6.32. The average Bonchev–Trinajstić information content (AvgIpc) is 2.47. The van der Waals surface area contributed by atoms with Crippen LogP contribution < -0.4 is 4.74 Å². The van der Waals surface area contributed by atoms with E-state index in [1.807, 2.05) is 0 Å². The maximum absolute atomic E-state index is 6.00. The lowest BCUT2D eigenvalue weighted by atomic mass is 10.3. The topological polar surface area (TPSA) is 49.8 Å². The van der Waals surface area contributed by atoms with Gasteiger partial charge in [-0.25, -0.2) is 4.98 Å². The fourth-order valence-electron chi connectivity index (χ4n) is 1.31. The summed E-state index contributed by atoms with van der Waals surface area (Å²) in [6.45, 7) is 3.04. The molecule has 1 aromatic rings. The molecule has 0 saturated heterocycles. The number of methoxy groups -OCH3 is 1. The van der Waals surface area contributed by atoms with Crippen molar-refractivity contribution in [3.8, 4) is 5.88 Å². The Kier molecular flexibility index (Phi) is 9.70. The predicted octanol–water partition coefficient (Wildman–Crippen LogP) is 2.53. The van der Waals surface area contributed by atoms with Gasteiger partial charge in [-0.2, -0.15) is 0 Å². The van der Waals surface area contributed by atoms with Crippen LogP contribution in [0.25, 0.3) is 0 Å². The monoisotopic (exact) mass is 323 g/mol. The van der Waals surface area contributed by atoms with E-state index < -0.39 is 0 Å². The molecule has 20 heavy (non-hydrogen) atoms. The lowest BCUT2D eigenvalue weighted by molar-refractivity contribution is 0.0176. The molecule has 0 fully saturated rings. The van der Waals surface area contributed by atoms with E-state index >= 15 is 0 Å². The summed E-state index contributed by atoms with van der Waals surface area (Å²) in [4.78, 5) is 4.08. The predicted molar refractivity (Wildman–Crippen MR) is 77.8 cm³/mol. The molecule has 0 amide bonds. The Morgan fingerprint density at radius 1 is 1.05 bits per heavy atom. The number of nitrogens with zero attached hydrogens (tertiary/aromatic N) is 1. The first-order valence-electron chi connectivity index (χ1n) is 6.25. The number of aromatic nitrogens is 1. The smallest absolute Gasteiger partial charge is 0.232 e. The Morgan fingerprint density at radius 2 is 1.70 bits per heavy atom. The molecule has 7 heteroatoms. The Balaban J connectivity index is 2.06. The summed E-state index contributed by atoms with van der Waals surface area (Å²) >= 11 is 11.7. The van der Waals surface area contributed by atoms with Gasteiger partial charge in [0, 0.05) is 19.2 Å². The molecule has 0 N–H and O–H groups in total. The molecule has 1 heterocycles. The zero-order chi connectivity index (χ0) is 14.6. The number of rotatable bonds is 11. The van der Waals surface area contributed by atoms with Crippen molar-refractivity contribution in [1.82, 2.24) is 4.98 Å². The lowest BCUT2D eigenvalue weighted by Crippen LogP contribution is -2.12. The van der Waals surface area contributed by atoms with Crippen molar-refractivity contribution in [1.29, 1.82) is 0 Å². The molecular weight excluding hydrogens is 305 g/mol. The molecule has 0 spiro atoms. The van der Waals surface area contributed by atoms with Crippen LogP contribution in [0.3, 0.4) is 0 Å². The zero-order valence-corrected chi connectivity index (χ0v) is 13.0. The van der Waals surface area contributed by atoms with Crippen LogP contribution in [-0.2, 0) is 20.1 Å². The van der Waals surface area contributed by atoms with Crippen LogP contribution in [0.15, 0.2) is 12.3 Å². The standard InChI is InChI=1S/C13H19Cl2NO4/c1-17-2-3-18-4-5-19-6-7-20-13-12(15)8-11(9-14)10-16-13/h8,10H,2-7,9H2,1H3. The van der Waals surface area contributed by atoms with Crippen LogP contribution in [0.4, 0.5) is 0 Å². The van der Waals surface area contributed by atoms with Gasteiger partial charge in [0.05, 0.1) is 33.0 Å². The summed E-state index contributed by atoms with van der Waals surface area (Å²) in [5.74, 6) is 0.764. The quantitative estimate of drug-likeness (QED) is 0.462. The second-order valence-corrected chi connectivity index (χ2v) is 4.50. The van der Waals surface area contributed by atoms with Gasteiger partial charge >= 0.3 is 0 Å². The fourth-order valence-corrected chi connectivity index (χ4v) is 1.70. The lowest BCUT2D eigenvalue weighted by Gasteiger charge is -2.08. The van der Waals surface area contributed by atoms with E-state index in [4.69, 9.17) is 42.1 Å². The minimum absolute atomic E-state index is 0.374. The summed E-state index contributed by atoms with van der Waals surface area (Å²) in [6, 6.07) is 1.74. The molecule has 1 rings (SSSR count). The first-order valence-corrected chi connectivity index (χ1v) is 7.16. The van der Waals surface area contributed by atoms with Crippen molar-refractivity contribution in [3.63, 3.8) is 0 Å².